The number of sulfonamides is 1. The monoisotopic (exact) mass is 259 g/mol. The molecule has 94 valence electrons. The number of benzene rings is 1. The molecule has 0 aliphatic rings. The molecule has 6 N–H and O–H groups in total. The summed E-state index contributed by atoms with van der Waals surface area (Å²) < 4.78 is 25.4. The Labute approximate surface area is 98.5 Å². The van der Waals surface area contributed by atoms with Crippen molar-refractivity contribution in [2.45, 2.75) is 10.9 Å². The number of aliphatic carboxylic acids is 1. The highest BCUT2D eigenvalue weighted by Gasteiger charge is 2.18. The second-order valence-electron chi connectivity index (χ2n) is 3.37. The van der Waals surface area contributed by atoms with E-state index in [0.29, 0.717) is 5.69 Å². The van der Waals surface area contributed by atoms with Crippen LogP contribution in [0.4, 0.5) is 5.69 Å². The minimum absolute atomic E-state index is 0.00397. The zero-order valence-electron chi connectivity index (χ0n) is 8.83. The molecule has 0 aromatic heterocycles. The van der Waals surface area contributed by atoms with Crippen LogP contribution < -0.4 is 16.2 Å². The topological polar surface area (TPSA) is 136 Å². The van der Waals surface area contributed by atoms with E-state index in [4.69, 9.17) is 16.6 Å². The molecule has 0 aliphatic heterocycles. The molecular weight excluding hydrogens is 246 g/mol. The second-order valence-corrected chi connectivity index (χ2v) is 5.13. The Bertz CT molecular complexity index is 497. The third-order valence-corrected chi connectivity index (χ3v) is 3.44. The zero-order valence-corrected chi connectivity index (χ0v) is 9.65. The van der Waals surface area contributed by atoms with Gasteiger partial charge < -0.3 is 16.6 Å². The molecular formula is C9H13N3O4S. The lowest BCUT2D eigenvalue weighted by atomic mass is 10.3. The molecule has 1 atom stereocenters. The van der Waals surface area contributed by atoms with Crippen LogP contribution in [0.15, 0.2) is 29.2 Å². The first-order valence-electron chi connectivity index (χ1n) is 4.66. The fourth-order valence-electron chi connectivity index (χ4n) is 1.02. The summed E-state index contributed by atoms with van der Waals surface area (Å²) in [5, 5.41) is 8.51. The van der Waals surface area contributed by atoms with Crippen LogP contribution in [-0.2, 0) is 14.8 Å². The highest BCUT2D eigenvalue weighted by Crippen LogP contribution is 2.10. The Hall–Kier alpha value is -1.64. The lowest BCUT2D eigenvalue weighted by molar-refractivity contribution is -0.138. The van der Waals surface area contributed by atoms with Crippen LogP contribution in [-0.4, -0.2) is 32.1 Å². The zero-order chi connectivity index (χ0) is 13.1. The molecule has 0 bridgehead atoms. The number of carboxylic acid groups (broad SMARTS) is 1. The summed E-state index contributed by atoms with van der Waals surface area (Å²) >= 11 is 0. The van der Waals surface area contributed by atoms with Crippen molar-refractivity contribution in [1.29, 1.82) is 0 Å². The predicted molar refractivity (Wildman–Crippen MR) is 61.7 cm³/mol. The number of carbonyl (C=O) groups is 1. The summed E-state index contributed by atoms with van der Waals surface area (Å²) in [5.74, 6) is -1.27. The molecule has 0 saturated heterocycles. The molecule has 1 aromatic rings. The van der Waals surface area contributed by atoms with E-state index in [9.17, 15) is 13.2 Å². The van der Waals surface area contributed by atoms with Crippen LogP contribution in [0.5, 0.6) is 0 Å². The first-order chi connectivity index (χ1) is 7.83. The lowest BCUT2D eigenvalue weighted by Crippen LogP contribution is -2.42. The van der Waals surface area contributed by atoms with Crippen molar-refractivity contribution in [3.8, 4) is 0 Å². The van der Waals surface area contributed by atoms with Gasteiger partial charge in [0, 0.05) is 12.2 Å². The van der Waals surface area contributed by atoms with Crippen LogP contribution >= 0.6 is 0 Å². The van der Waals surface area contributed by atoms with Gasteiger partial charge in [0.2, 0.25) is 10.0 Å². The summed E-state index contributed by atoms with van der Waals surface area (Å²) in [4.78, 5) is 10.4. The fourth-order valence-corrected chi connectivity index (χ4v) is 2.08. The minimum Gasteiger partial charge on any atom is -0.480 e. The van der Waals surface area contributed by atoms with E-state index in [1.165, 1.54) is 24.3 Å². The first kappa shape index (κ1) is 13.4. The molecule has 0 unspecified atom stereocenters. The van der Waals surface area contributed by atoms with Gasteiger partial charge in [-0.1, -0.05) is 0 Å². The number of nitrogen functional groups attached to an aromatic ring is 1. The maximum Gasteiger partial charge on any atom is 0.321 e. The van der Waals surface area contributed by atoms with E-state index < -0.39 is 22.0 Å². The standard InChI is InChI=1S/C9H13N3O4S/c10-6-1-3-7(4-2-6)17(15,16)12-5-8(11)9(13)14/h1-4,8,12H,5,10-11H2,(H,13,14)/t8-/m0/s1. The van der Waals surface area contributed by atoms with Gasteiger partial charge in [-0.25, -0.2) is 13.1 Å². The number of carboxylic acids is 1. The van der Waals surface area contributed by atoms with Crippen molar-refractivity contribution in [2.75, 3.05) is 12.3 Å². The maximum absolute atomic E-state index is 11.7. The molecule has 1 rings (SSSR count). The third-order valence-electron chi connectivity index (χ3n) is 2.00. The van der Waals surface area contributed by atoms with E-state index >= 15 is 0 Å². The molecule has 7 nitrogen and oxygen atoms in total. The summed E-state index contributed by atoms with van der Waals surface area (Å²) in [5.41, 5.74) is 11.0. The second kappa shape index (κ2) is 5.13. The summed E-state index contributed by atoms with van der Waals surface area (Å²) in [7, 11) is -3.75. The van der Waals surface area contributed by atoms with Gasteiger partial charge in [-0.05, 0) is 24.3 Å². The molecule has 0 spiro atoms. The van der Waals surface area contributed by atoms with Crippen molar-refractivity contribution in [3.05, 3.63) is 24.3 Å². The number of anilines is 1. The number of hydrogen-bond acceptors (Lipinski definition) is 5. The van der Waals surface area contributed by atoms with Gasteiger partial charge in [-0.3, -0.25) is 4.79 Å². The van der Waals surface area contributed by atoms with Crippen molar-refractivity contribution in [1.82, 2.24) is 4.72 Å². The largest absolute Gasteiger partial charge is 0.480 e. The average molecular weight is 259 g/mol. The van der Waals surface area contributed by atoms with E-state index in [2.05, 4.69) is 4.72 Å². The van der Waals surface area contributed by atoms with Crippen molar-refractivity contribution in [2.24, 2.45) is 5.73 Å². The molecule has 0 aliphatic carbocycles. The van der Waals surface area contributed by atoms with Crippen LogP contribution in [0.2, 0.25) is 0 Å². The van der Waals surface area contributed by atoms with E-state index in [1.807, 2.05) is 0 Å². The minimum atomic E-state index is -3.75. The normalized spacial score (nSPS) is 13.2. The summed E-state index contributed by atoms with van der Waals surface area (Å²) in [6, 6.07) is 4.24. The Balaban J connectivity index is 2.76. The third kappa shape index (κ3) is 3.70. The van der Waals surface area contributed by atoms with Crippen molar-refractivity contribution >= 4 is 21.7 Å². The molecule has 0 amide bonds. The van der Waals surface area contributed by atoms with E-state index in [0.717, 1.165) is 0 Å². The van der Waals surface area contributed by atoms with Crippen molar-refractivity contribution in [3.63, 3.8) is 0 Å². The van der Waals surface area contributed by atoms with Crippen LogP contribution in [0.1, 0.15) is 0 Å². The first-order valence-corrected chi connectivity index (χ1v) is 6.15. The number of nitrogens with two attached hydrogens (primary N) is 2. The van der Waals surface area contributed by atoms with Crippen molar-refractivity contribution < 1.29 is 18.3 Å². The molecule has 1 aromatic carbocycles. The van der Waals surface area contributed by atoms with Crippen LogP contribution in [0.25, 0.3) is 0 Å². The Kier molecular flexibility index (Phi) is 4.05. The Morgan fingerprint density at radius 3 is 2.35 bits per heavy atom. The smallest absolute Gasteiger partial charge is 0.321 e. The van der Waals surface area contributed by atoms with E-state index in [1.54, 1.807) is 0 Å². The molecule has 0 fully saturated rings. The van der Waals surface area contributed by atoms with Gasteiger partial charge in [-0.2, -0.15) is 0 Å². The molecule has 0 radical (unpaired) electrons. The quantitative estimate of drug-likeness (QED) is 0.499. The summed E-state index contributed by atoms with van der Waals surface area (Å²) in [6.45, 7) is -0.373. The predicted octanol–water partition coefficient (Wildman–Crippen LogP) is -1.04. The molecule has 0 heterocycles. The number of hydrogen-bond donors (Lipinski definition) is 4. The summed E-state index contributed by atoms with van der Waals surface area (Å²) in [6.07, 6.45) is 0. The molecule has 8 heteroatoms. The van der Waals surface area contributed by atoms with Crippen LogP contribution in [0.3, 0.4) is 0 Å². The van der Waals surface area contributed by atoms with Gasteiger partial charge in [0.15, 0.2) is 0 Å². The highest BCUT2D eigenvalue weighted by molar-refractivity contribution is 7.89. The molecule has 17 heavy (non-hydrogen) atoms. The fraction of sp³-hybridized carbons (Fsp3) is 0.222. The van der Waals surface area contributed by atoms with E-state index in [-0.39, 0.29) is 11.4 Å². The van der Waals surface area contributed by atoms with Gasteiger partial charge in [-0.15, -0.1) is 0 Å². The highest BCUT2D eigenvalue weighted by atomic mass is 32.2. The lowest BCUT2D eigenvalue weighted by Gasteiger charge is -2.09. The number of rotatable bonds is 5. The van der Waals surface area contributed by atoms with Gasteiger partial charge >= 0.3 is 5.97 Å². The average Bonchev–Trinajstić information content (AvgIpc) is 2.26. The maximum atomic E-state index is 11.7. The number of nitrogens with one attached hydrogen (secondary N) is 1. The van der Waals surface area contributed by atoms with Crippen LogP contribution in [0, 0.1) is 0 Å². The molecule has 0 saturated carbocycles. The van der Waals surface area contributed by atoms with Gasteiger partial charge in [0.05, 0.1) is 4.90 Å². The van der Waals surface area contributed by atoms with Gasteiger partial charge in [0.25, 0.3) is 0 Å². The van der Waals surface area contributed by atoms with Gasteiger partial charge in [0.1, 0.15) is 6.04 Å². The Morgan fingerprint density at radius 2 is 1.88 bits per heavy atom. The SMILES string of the molecule is Nc1ccc(S(=O)(=O)NC[C@H](N)C(=O)O)cc1. The Morgan fingerprint density at radius 1 is 1.35 bits per heavy atom.